The molecule has 0 amide bonds. The van der Waals surface area contributed by atoms with E-state index in [0.717, 1.165) is 0 Å². The van der Waals surface area contributed by atoms with E-state index in [2.05, 4.69) is 6.07 Å². The van der Waals surface area contributed by atoms with Gasteiger partial charge in [-0.2, -0.15) is 5.26 Å². The van der Waals surface area contributed by atoms with E-state index in [9.17, 15) is 5.26 Å². The molecule has 3 unspecified atom stereocenters. The fourth-order valence-corrected chi connectivity index (χ4v) is 12.2. The van der Waals surface area contributed by atoms with E-state index in [0.29, 0.717) is 68.5 Å². The number of hydrogen-bond donors (Lipinski definition) is 5. The van der Waals surface area contributed by atoms with Crippen LogP contribution < -0.4 is 56.4 Å². The Hall–Kier alpha value is -6.38. The maximum atomic E-state index is 9.55. The van der Waals surface area contributed by atoms with E-state index in [4.69, 9.17) is 61.0 Å². The first-order valence-corrected chi connectivity index (χ1v) is 20.2. The summed E-state index contributed by atoms with van der Waals surface area (Å²) >= 11 is 0. The minimum Gasteiger partial charge on any atom is -0.440 e. The number of nitriles is 1. The molecule has 0 aromatic heterocycles. The SMILES string of the molecule is N#Cc1ccc(OP2(Oc3ccc(N)cc3)=NP(Oc3ccc(N)cc3)N(Oc3ccc(N)cc3)P(Oc3ccc(N)cc3)N2Oc2ccc(N)cc2)cc1. The third-order valence-electron chi connectivity index (χ3n) is 7.43. The van der Waals surface area contributed by atoms with E-state index < -0.39 is 24.6 Å². The molecule has 7 rings (SSSR count). The Kier molecular flexibility index (Phi) is 11.0. The Morgan fingerprint density at radius 1 is 0.473 bits per heavy atom. The maximum absolute atomic E-state index is 9.55. The number of rotatable bonds is 12. The van der Waals surface area contributed by atoms with Crippen molar-refractivity contribution in [2.24, 2.45) is 4.52 Å². The molecule has 10 N–H and O–H groups in total. The molecule has 15 nitrogen and oxygen atoms in total. The third-order valence-corrected chi connectivity index (χ3v) is 14.3. The molecule has 278 valence electrons. The Bertz CT molecular complexity index is 2320. The van der Waals surface area contributed by atoms with Gasteiger partial charge in [-0.3, -0.25) is 0 Å². The molecular weight excluding hydrogens is 759 g/mol. The fraction of sp³-hybridized carbons (Fsp3) is 0. The lowest BCUT2D eigenvalue weighted by Crippen LogP contribution is -2.37. The smallest absolute Gasteiger partial charge is 0.440 e. The Morgan fingerprint density at radius 3 is 1.27 bits per heavy atom. The van der Waals surface area contributed by atoms with Crippen LogP contribution >= 0.6 is 24.6 Å². The number of nitrogens with two attached hydrogens (primary N) is 5. The quantitative estimate of drug-likeness (QED) is 0.0575. The summed E-state index contributed by atoms with van der Waals surface area (Å²) in [5, 5.41) is 9.55. The van der Waals surface area contributed by atoms with Crippen molar-refractivity contribution in [3.63, 3.8) is 0 Å². The largest absolute Gasteiger partial charge is 0.447 e. The van der Waals surface area contributed by atoms with Crippen LogP contribution in [-0.2, 0) is 0 Å². The Labute approximate surface area is 319 Å². The van der Waals surface area contributed by atoms with Gasteiger partial charge in [0.05, 0.1) is 11.6 Å². The minimum atomic E-state index is -4.02. The first-order valence-electron chi connectivity index (χ1n) is 16.4. The molecule has 1 aliphatic rings. The first kappa shape index (κ1) is 37.0. The van der Waals surface area contributed by atoms with Gasteiger partial charge in [-0.05, 0) is 146 Å². The van der Waals surface area contributed by atoms with Crippen LogP contribution in [0.25, 0.3) is 0 Å². The molecule has 0 saturated carbocycles. The molecule has 0 fully saturated rings. The number of benzene rings is 6. The van der Waals surface area contributed by atoms with Crippen LogP contribution in [0.5, 0.6) is 34.5 Å². The molecule has 18 heteroatoms. The second kappa shape index (κ2) is 16.3. The normalized spacial score (nSPS) is 18.2. The maximum Gasteiger partial charge on any atom is 0.447 e. The molecule has 0 saturated heterocycles. The number of hydrogen-bond acceptors (Lipinski definition) is 15. The van der Waals surface area contributed by atoms with Crippen LogP contribution in [0.2, 0.25) is 0 Å². The van der Waals surface area contributed by atoms with Gasteiger partial charge in [0.2, 0.25) is 0 Å². The average Bonchev–Trinajstić information content (AvgIpc) is 3.19. The summed E-state index contributed by atoms with van der Waals surface area (Å²) in [6.45, 7) is 0. The van der Waals surface area contributed by atoms with E-state index in [-0.39, 0.29) is 0 Å². The molecule has 6 aromatic rings. The van der Waals surface area contributed by atoms with Crippen LogP contribution in [0, 0.1) is 11.3 Å². The highest BCUT2D eigenvalue weighted by Gasteiger charge is 2.58. The van der Waals surface area contributed by atoms with Gasteiger partial charge in [-0.1, -0.05) is 0 Å². The van der Waals surface area contributed by atoms with Crippen molar-refractivity contribution in [3.05, 3.63) is 151 Å². The highest BCUT2D eigenvalue weighted by Crippen LogP contribution is 2.77. The summed E-state index contributed by atoms with van der Waals surface area (Å²) in [5.74, 6) is 2.17. The average molecular weight is 794 g/mol. The first-order chi connectivity index (χ1) is 26.6. The van der Waals surface area contributed by atoms with Gasteiger partial charge in [0.1, 0.15) is 34.5 Å². The molecule has 6 aromatic carbocycles. The number of nitrogen functional groups attached to an aromatic ring is 5. The predicted octanol–water partition coefficient (Wildman–Crippen LogP) is 9.09. The van der Waals surface area contributed by atoms with Crippen molar-refractivity contribution < 1.29 is 27.8 Å². The van der Waals surface area contributed by atoms with Gasteiger partial charge in [0, 0.05) is 37.6 Å². The van der Waals surface area contributed by atoms with E-state index in [1.54, 1.807) is 146 Å². The Balaban J connectivity index is 1.48. The van der Waals surface area contributed by atoms with Crippen molar-refractivity contribution in [1.82, 2.24) is 9.21 Å². The Morgan fingerprint density at radius 2 is 0.836 bits per heavy atom. The summed E-state index contributed by atoms with van der Waals surface area (Å²) in [7, 11) is -8.65. The lowest BCUT2D eigenvalue weighted by Gasteiger charge is -2.43. The van der Waals surface area contributed by atoms with Gasteiger partial charge in [0.15, 0.2) is 0 Å². The molecule has 0 radical (unpaired) electrons. The van der Waals surface area contributed by atoms with E-state index in [1.165, 1.54) is 9.21 Å². The van der Waals surface area contributed by atoms with Crippen molar-refractivity contribution in [3.8, 4) is 40.6 Å². The van der Waals surface area contributed by atoms with Crippen LogP contribution in [-0.4, -0.2) is 9.21 Å². The summed E-state index contributed by atoms with van der Waals surface area (Å²) in [6, 6.07) is 42.5. The van der Waals surface area contributed by atoms with Crippen LogP contribution in [0.1, 0.15) is 5.56 Å². The highest BCUT2D eigenvalue weighted by molar-refractivity contribution is 7.78. The zero-order valence-corrected chi connectivity index (χ0v) is 31.5. The lowest BCUT2D eigenvalue weighted by atomic mass is 10.2. The van der Waals surface area contributed by atoms with E-state index >= 15 is 0 Å². The summed E-state index contributed by atoms with van der Waals surface area (Å²) in [5.41, 5.74) is 33.3. The summed E-state index contributed by atoms with van der Waals surface area (Å²) in [6.07, 6.45) is 0. The predicted molar refractivity (Wildman–Crippen MR) is 216 cm³/mol. The topological polar surface area (TPSA) is 228 Å². The summed E-state index contributed by atoms with van der Waals surface area (Å²) in [4.78, 5) is 13.3. The van der Waals surface area contributed by atoms with Gasteiger partial charge < -0.3 is 56.4 Å². The fourth-order valence-electron chi connectivity index (χ4n) is 4.68. The van der Waals surface area contributed by atoms with Gasteiger partial charge in [-0.15, -0.1) is 4.52 Å². The van der Waals surface area contributed by atoms with E-state index in [1.807, 2.05) is 0 Å². The summed E-state index contributed by atoms with van der Waals surface area (Å²) < 4.78 is 35.3. The standard InChI is InChI=1S/C37H34N9O6P3/c38-25-26-1-13-36(14-2-26)51-55(52-37-23-11-31(43)12-24-37)44-53(49-34-19-7-29(41)8-20-34)45(47-32-15-3-27(39)4-16-32)54(50-35-21-9-30(42)10-22-35)46(55)48-33-17-5-28(40)6-18-33/h1-24H,39-43H2. The molecule has 0 bridgehead atoms. The van der Waals surface area contributed by atoms with Crippen molar-refractivity contribution in [1.29, 1.82) is 5.26 Å². The van der Waals surface area contributed by atoms with Gasteiger partial charge in [-0.25, -0.2) is 0 Å². The zero-order valence-electron chi connectivity index (χ0n) is 28.8. The van der Waals surface area contributed by atoms with Gasteiger partial charge in [0.25, 0.3) is 0 Å². The molecule has 0 aliphatic carbocycles. The second-order valence-corrected chi connectivity index (χ2v) is 17.1. The van der Waals surface area contributed by atoms with Crippen LogP contribution in [0.15, 0.2) is 150 Å². The lowest BCUT2D eigenvalue weighted by molar-refractivity contribution is 0.0546. The monoisotopic (exact) mass is 793 g/mol. The van der Waals surface area contributed by atoms with Crippen LogP contribution in [0.4, 0.5) is 28.4 Å². The molecule has 1 heterocycles. The second-order valence-electron chi connectivity index (χ2n) is 11.6. The third kappa shape index (κ3) is 9.05. The number of nitrogens with zero attached hydrogens (tertiary/aromatic N) is 4. The molecule has 3 atom stereocenters. The molecule has 0 spiro atoms. The minimum absolute atomic E-state index is 0.301. The van der Waals surface area contributed by atoms with Crippen molar-refractivity contribution >= 4 is 53.0 Å². The molecule has 1 aliphatic heterocycles. The van der Waals surface area contributed by atoms with Crippen molar-refractivity contribution in [2.75, 3.05) is 28.7 Å². The number of anilines is 5. The van der Waals surface area contributed by atoms with Crippen molar-refractivity contribution in [2.45, 2.75) is 0 Å². The molecular formula is C37H34N9O6P3. The van der Waals surface area contributed by atoms with Crippen LogP contribution in [0.3, 0.4) is 0 Å². The van der Waals surface area contributed by atoms with Gasteiger partial charge >= 0.3 is 24.6 Å². The zero-order chi connectivity index (χ0) is 38.4. The molecule has 55 heavy (non-hydrogen) atoms. The highest BCUT2D eigenvalue weighted by atomic mass is 31.3.